The van der Waals surface area contributed by atoms with Gasteiger partial charge >= 0.3 is 5.97 Å². The lowest BCUT2D eigenvalue weighted by atomic mass is 10.0. The van der Waals surface area contributed by atoms with Crippen molar-refractivity contribution >= 4 is 17.3 Å². The summed E-state index contributed by atoms with van der Waals surface area (Å²) in [4.78, 5) is 21.2. The van der Waals surface area contributed by atoms with Crippen molar-refractivity contribution in [2.75, 3.05) is 5.32 Å². The number of rotatable bonds is 5. The topological polar surface area (TPSA) is 92.5 Å². The third kappa shape index (κ3) is 3.19. The molecule has 0 bridgehead atoms. The summed E-state index contributed by atoms with van der Waals surface area (Å²) in [6, 6.07) is 3.68. The van der Waals surface area contributed by atoms with Crippen LogP contribution in [0, 0.1) is 10.1 Å². The molecule has 0 heterocycles. The van der Waals surface area contributed by atoms with E-state index < -0.39 is 10.9 Å². The van der Waals surface area contributed by atoms with Gasteiger partial charge in [-0.2, -0.15) is 0 Å². The number of nitro groups is 1. The van der Waals surface area contributed by atoms with E-state index >= 15 is 0 Å². The summed E-state index contributed by atoms with van der Waals surface area (Å²) in [5.41, 5.74) is -0.167. The van der Waals surface area contributed by atoms with Gasteiger partial charge in [-0.15, -0.1) is 0 Å². The minimum absolute atomic E-state index is 0.0297. The number of anilines is 1. The summed E-state index contributed by atoms with van der Waals surface area (Å²) in [7, 11) is 0. The smallest absolute Gasteiger partial charge is 0.337 e. The second-order valence-corrected chi connectivity index (χ2v) is 4.65. The highest BCUT2D eigenvalue weighted by Crippen LogP contribution is 2.26. The first-order valence-corrected chi connectivity index (χ1v) is 5.57. The predicted octanol–water partition coefficient (Wildman–Crippen LogP) is 2.89. The van der Waals surface area contributed by atoms with Crippen LogP contribution in [-0.2, 0) is 0 Å². The van der Waals surface area contributed by atoms with Gasteiger partial charge in [-0.3, -0.25) is 10.1 Å². The quantitative estimate of drug-likeness (QED) is 0.620. The average Bonchev–Trinajstić information content (AvgIpc) is 2.28. The molecule has 0 saturated heterocycles. The summed E-state index contributed by atoms with van der Waals surface area (Å²) in [6.45, 7) is 5.75. The second-order valence-electron chi connectivity index (χ2n) is 4.65. The monoisotopic (exact) mass is 252 g/mol. The highest BCUT2D eigenvalue weighted by molar-refractivity contribution is 5.95. The molecule has 0 saturated carbocycles. The van der Waals surface area contributed by atoms with E-state index in [2.05, 4.69) is 5.32 Å². The third-order valence-corrected chi connectivity index (χ3v) is 2.80. The van der Waals surface area contributed by atoms with E-state index in [0.717, 1.165) is 6.42 Å². The highest BCUT2D eigenvalue weighted by Gasteiger charge is 2.21. The third-order valence-electron chi connectivity index (χ3n) is 2.80. The summed E-state index contributed by atoms with van der Waals surface area (Å²) < 4.78 is 0. The van der Waals surface area contributed by atoms with Crippen molar-refractivity contribution in [1.29, 1.82) is 0 Å². The molecule has 1 aromatic carbocycles. The lowest BCUT2D eigenvalue weighted by molar-refractivity contribution is -0.384. The molecule has 98 valence electrons. The van der Waals surface area contributed by atoms with Crippen LogP contribution in [0.4, 0.5) is 11.4 Å². The number of non-ortho nitro benzene ring substituents is 1. The van der Waals surface area contributed by atoms with Crippen molar-refractivity contribution in [3.8, 4) is 0 Å². The minimum Gasteiger partial charge on any atom is -0.478 e. The van der Waals surface area contributed by atoms with Crippen LogP contribution in [0.1, 0.15) is 37.6 Å². The van der Waals surface area contributed by atoms with E-state index in [9.17, 15) is 14.9 Å². The number of nitrogens with one attached hydrogen (secondary N) is 1. The maximum atomic E-state index is 11.1. The Labute approximate surface area is 105 Å². The Morgan fingerprint density at radius 3 is 2.56 bits per heavy atom. The Hall–Kier alpha value is -2.11. The van der Waals surface area contributed by atoms with Crippen LogP contribution in [0.25, 0.3) is 0 Å². The Morgan fingerprint density at radius 2 is 2.11 bits per heavy atom. The van der Waals surface area contributed by atoms with Crippen molar-refractivity contribution in [2.45, 2.75) is 32.7 Å². The molecule has 0 fully saturated rings. The van der Waals surface area contributed by atoms with Gasteiger partial charge in [0.05, 0.1) is 16.2 Å². The summed E-state index contributed by atoms with van der Waals surface area (Å²) >= 11 is 0. The largest absolute Gasteiger partial charge is 0.478 e. The Bertz CT molecular complexity index is 483. The van der Waals surface area contributed by atoms with Crippen molar-refractivity contribution < 1.29 is 14.8 Å². The lowest BCUT2D eigenvalue weighted by Gasteiger charge is -2.26. The lowest BCUT2D eigenvalue weighted by Crippen LogP contribution is -2.30. The summed E-state index contributed by atoms with van der Waals surface area (Å²) in [5, 5.41) is 22.8. The van der Waals surface area contributed by atoms with E-state index in [0.29, 0.717) is 0 Å². The molecule has 0 spiro atoms. The van der Waals surface area contributed by atoms with Crippen LogP contribution < -0.4 is 5.32 Å². The zero-order chi connectivity index (χ0) is 13.9. The zero-order valence-corrected chi connectivity index (χ0v) is 10.6. The molecule has 0 aliphatic carbocycles. The Kier molecular flexibility index (Phi) is 3.90. The molecule has 18 heavy (non-hydrogen) atoms. The van der Waals surface area contributed by atoms with Crippen LogP contribution in [0.5, 0.6) is 0 Å². The molecule has 0 aliphatic heterocycles. The highest BCUT2D eigenvalue weighted by atomic mass is 16.6. The number of carbonyl (C=O) groups is 1. The minimum atomic E-state index is -1.11. The Morgan fingerprint density at radius 1 is 1.50 bits per heavy atom. The number of nitrogens with zero attached hydrogens (tertiary/aromatic N) is 1. The molecule has 1 rings (SSSR count). The summed E-state index contributed by atoms with van der Waals surface area (Å²) in [6.07, 6.45) is 0.759. The van der Waals surface area contributed by atoms with Gasteiger partial charge < -0.3 is 10.4 Å². The van der Waals surface area contributed by atoms with E-state index in [-0.39, 0.29) is 22.5 Å². The molecule has 6 nitrogen and oxygen atoms in total. The van der Waals surface area contributed by atoms with Crippen LogP contribution in [0.15, 0.2) is 18.2 Å². The van der Waals surface area contributed by atoms with Crippen molar-refractivity contribution in [1.82, 2.24) is 0 Å². The van der Waals surface area contributed by atoms with Gasteiger partial charge in [-0.1, -0.05) is 6.92 Å². The molecular weight excluding hydrogens is 236 g/mol. The fourth-order valence-corrected chi connectivity index (χ4v) is 1.39. The average molecular weight is 252 g/mol. The molecule has 2 N–H and O–H groups in total. The van der Waals surface area contributed by atoms with E-state index in [1.54, 1.807) is 0 Å². The molecule has 1 aromatic rings. The first-order valence-electron chi connectivity index (χ1n) is 5.57. The molecule has 0 radical (unpaired) electrons. The van der Waals surface area contributed by atoms with E-state index in [4.69, 9.17) is 5.11 Å². The summed E-state index contributed by atoms with van der Waals surface area (Å²) in [5.74, 6) is -1.11. The van der Waals surface area contributed by atoms with Gasteiger partial charge in [0.15, 0.2) is 0 Å². The maximum Gasteiger partial charge on any atom is 0.337 e. The predicted molar refractivity (Wildman–Crippen MR) is 68.0 cm³/mol. The van der Waals surface area contributed by atoms with Crippen LogP contribution in [0.3, 0.4) is 0 Å². The molecule has 6 heteroatoms. The molecule has 0 atom stereocenters. The number of carboxylic acid groups (broad SMARTS) is 1. The van der Waals surface area contributed by atoms with E-state index in [1.807, 2.05) is 20.8 Å². The molecule has 0 amide bonds. The fourth-order valence-electron chi connectivity index (χ4n) is 1.39. The standard InChI is InChI=1S/C12H16N2O4/c1-4-12(2,3)13-10-7-8(14(17)18)5-6-9(10)11(15)16/h5-7,13H,4H2,1-3H3,(H,15,16). The fraction of sp³-hybridized carbons (Fsp3) is 0.417. The zero-order valence-electron chi connectivity index (χ0n) is 10.6. The Balaban J connectivity index is 3.24. The van der Waals surface area contributed by atoms with Crippen LogP contribution >= 0.6 is 0 Å². The van der Waals surface area contributed by atoms with Crippen LogP contribution in [0.2, 0.25) is 0 Å². The SMILES string of the molecule is CCC(C)(C)Nc1cc([N+](=O)[O-])ccc1C(=O)O. The molecule has 0 aromatic heterocycles. The molecule has 0 aliphatic rings. The van der Waals surface area contributed by atoms with Gasteiger partial charge in [0.25, 0.3) is 5.69 Å². The first-order chi connectivity index (χ1) is 8.26. The van der Waals surface area contributed by atoms with E-state index in [1.165, 1.54) is 18.2 Å². The normalized spacial score (nSPS) is 11.1. The van der Waals surface area contributed by atoms with Gasteiger partial charge in [0.2, 0.25) is 0 Å². The van der Waals surface area contributed by atoms with Gasteiger partial charge in [0.1, 0.15) is 0 Å². The number of benzene rings is 1. The van der Waals surface area contributed by atoms with Crippen molar-refractivity contribution in [3.05, 3.63) is 33.9 Å². The number of aromatic carboxylic acids is 1. The second kappa shape index (κ2) is 5.03. The number of hydrogen-bond donors (Lipinski definition) is 2. The number of hydrogen-bond acceptors (Lipinski definition) is 4. The molecular formula is C12H16N2O4. The van der Waals surface area contributed by atoms with Crippen molar-refractivity contribution in [2.24, 2.45) is 0 Å². The van der Waals surface area contributed by atoms with Gasteiger partial charge in [-0.05, 0) is 26.3 Å². The number of carboxylic acids is 1. The van der Waals surface area contributed by atoms with Crippen LogP contribution in [-0.4, -0.2) is 21.5 Å². The van der Waals surface area contributed by atoms with Crippen molar-refractivity contribution in [3.63, 3.8) is 0 Å². The maximum absolute atomic E-state index is 11.1. The van der Waals surface area contributed by atoms with Gasteiger partial charge in [-0.25, -0.2) is 4.79 Å². The van der Waals surface area contributed by atoms with Gasteiger partial charge in [0, 0.05) is 17.7 Å². The number of nitro benzene ring substituents is 1. The first kappa shape index (κ1) is 14.0. The molecule has 0 unspecified atom stereocenters.